The fourth-order valence-corrected chi connectivity index (χ4v) is 3.10. The molecule has 4 rings (SSSR count). The van der Waals surface area contributed by atoms with Crippen LogP contribution in [0.4, 0.5) is 11.6 Å². The largest absolute Gasteiger partial charge is 0.356 e. The number of hydrogen-bond donors (Lipinski definition) is 2. The average molecular weight is 353 g/mol. The minimum atomic E-state index is 0.207. The van der Waals surface area contributed by atoms with Crippen molar-refractivity contribution in [2.75, 3.05) is 11.9 Å². The average Bonchev–Trinajstić information content (AvgIpc) is 3.16. The van der Waals surface area contributed by atoms with Crippen LogP contribution in [0.25, 0.3) is 11.0 Å². The van der Waals surface area contributed by atoms with Crippen LogP contribution >= 0.6 is 0 Å². The zero-order valence-electron chi connectivity index (χ0n) is 14.9. The zero-order chi connectivity index (χ0) is 17.9. The molecule has 1 amide bonds. The number of rotatable bonds is 7. The van der Waals surface area contributed by atoms with Crippen LogP contribution in [0.3, 0.4) is 0 Å². The molecule has 0 atom stereocenters. The Morgan fingerprint density at radius 2 is 2.23 bits per heavy atom. The molecule has 8 heteroatoms. The number of carbonyl (C=O) groups excluding carboxylic acids is 1. The van der Waals surface area contributed by atoms with Crippen molar-refractivity contribution in [3.8, 4) is 0 Å². The first kappa shape index (κ1) is 16.6. The SMILES string of the molecule is Cn1cc(Nc2ncc3ccn(CCCNC(=O)C4CCC4)c3n2)cn1. The highest BCUT2D eigenvalue weighted by Gasteiger charge is 2.24. The van der Waals surface area contributed by atoms with Gasteiger partial charge in [0.2, 0.25) is 11.9 Å². The van der Waals surface area contributed by atoms with Gasteiger partial charge in [-0.25, -0.2) is 4.98 Å². The number of fused-ring (bicyclic) bond motifs is 1. The van der Waals surface area contributed by atoms with Gasteiger partial charge in [0.25, 0.3) is 0 Å². The Hall–Kier alpha value is -2.90. The van der Waals surface area contributed by atoms with E-state index in [1.54, 1.807) is 10.9 Å². The van der Waals surface area contributed by atoms with Crippen LogP contribution in [-0.2, 0) is 18.4 Å². The molecule has 8 nitrogen and oxygen atoms in total. The molecule has 3 aromatic heterocycles. The Morgan fingerprint density at radius 1 is 1.35 bits per heavy atom. The molecule has 3 aromatic rings. The lowest BCUT2D eigenvalue weighted by Gasteiger charge is -2.24. The molecule has 0 unspecified atom stereocenters. The summed E-state index contributed by atoms with van der Waals surface area (Å²) in [4.78, 5) is 20.8. The first-order valence-corrected chi connectivity index (χ1v) is 9.04. The molecule has 0 spiro atoms. The van der Waals surface area contributed by atoms with Gasteiger partial charge in [-0.05, 0) is 25.3 Å². The van der Waals surface area contributed by atoms with E-state index in [-0.39, 0.29) is 11.8 Å². The highest BCUT2D eigenvalue weighted by Crippen LogP contribution is 2.26. The highest BCUT2D eigenvalue weighted by atomic mass is 16.1. The normalized spacial score (nSPS) is 14.3. The molecule has 0 radical (unpaired) electrons. The number of aryl methyl sites for hydroxylation is 2. The first-order valence-electron chi connectivity index (χ1n) is 9.04. The van der Waals surface area contributed by atoms with Gasteiger partial charge in [0.15, 0.2) is 0 Å². The van der Waals surface area contributed by atoms with Gasteiger partial charge in [-0.1, -0.05) is 6.42 Å². The third-order valence-electron chi connectivity index (χ3n) is 4.81. The van der Waals surface area contributed by atoms with Crippen LogP contribution in [0.2, 0.25) is 0 Å². The number of aromatic nitrogens is 5. The maximum atomic E-state index is 11.9. The van der Waals surface area contributed by atoms with Crippen molar-refractivity contribution >= 4 is 28.6 Å². The van der Waals surface area contributed by atoms with Gasteiger partial charge in [0.1, 0.15) is 5.65 Å². The van der Waals surface area contributed by atoms with Gasteiger partial charge in [-0.15, -0.1) is 0 Å². The van der Waals surface area contributed by atoms with E-state index in [9.17, 15) is 4.79 Å². The van der Waals surface area contributed by atoms with Crippen LogP contribution in [0.15, 0.2) is 30.9 Å². The van der Waals surface area contributed by atoms with E-state index in [0.717, 1.165) is 42.5 Å². The molecule has 1 saturated carbocycles. The maximum Gasteiger partial charge on any atom is 0.229 e. The van der Waals surface area contributed by atoms with Gasteiger partial charge in [-0.2, -0.15) is 10.1 Å². The lowest BCUT2D eigenvalue weighted by atomic mass is 9.85. The van der Waals surface area contributed by atoms with Gasteiger partial charge < -0.3 is 15.2 Å². The number of hydrogen-bond acceptors (Lipinski definition) is 5. The minimum absolute atomic E-state index is 0.207. The van der Waals surface area contributed by atoms with Crippen molar-refractivity contribution in [2.24, 2.45) is 13.0 Å². The number of nitrogens with zero attached hydrogens (tertiary/aromatic N) is 5. The molecule has 1 aliphatic rings. The molecular formula is C18H23N7O. The Bertz CT molecular complexity index is 909. The van der Waals surface area contributed by atoms with Crippen molar-refractivity contribution in [3.05, 3.63) is 30.9 Å². The first-order chi connectivity index (χ1) is 12.7. The molecule has 3 heterocycles. The monoisotopic (exact) mass is 353 g/mol. The second kappa shape index (κ2) is 7.15. The molecule has 136 valence electrons. The van der Waals surface area contributed by atoms with Crippen LogP contribution in [0.1, 0.15) is 25.7 Å². The molecule has 2 N–H and O–H groups in total. The molecule has 0 aliphatic heterocycles. The van der Waals surface area contributed by atoms with Gasteiger partial charge in [0.05, 0.1) is 11.9 Å². The lowest BCUT2D eigenvalue weighted by molar-refractivity contribution is -0.127. The Balaban J connectivity index is 1.37. The van der Waals surface area contributed by atoms with Crippen molar-refractivity contribution in [2.45, 2.75) is 32.2 Å². The van der Waals surface area contributed by atoms with Gasteiger partial charge >= 0.3 is 0 Å². The summed E-state index contributed by atoms with van der Waals surface area (Å²) < 4.78 is 3.82. The second-order valence-electron chi connectivity index (χ2n) is 6.78. The highest BCUT2D eigenvalue weighted by molar-refractivity contribution is 5.79. The van der Waals surface area contributed by atoms with E-state index in [2.05, 4.69) is 30.3 Å². The molecule has 0 bridgehead atoms. The van der Waals surface area contributed by atoms with Crippen molar-refractivity contribution in [1.82, 2.24) is 29.6 Å². The number of amides is 1. The number of carbonyl (C=O) groups is 1. The Kier molecular flexibility index (Phi) is 4.55. The van der Waals surface area contributed by atoms with E-state index in [4.69, 9.17) is 0 Å². The summed E-state index contributed by atoms with van der Waals surface area (Å²) in [6.07, 6.45) is 11.6. The summed E-state index contributed by atoms with van der Waals surface area (Å²) in [5.41, 5.74) is 1.74. The maximum absolute atomic E-state index is 11.9. The lowest BCUT2D eigenvalue weighted by Crippen LogP contribution is -2.35. The van der Waals surface area contributed by atoms with Crippen LogP contribution < -0.4 is 10.6 Å². The van der Waals surface area contributed by atoms with E-state index >= 15 is 0 Å². The van der Waals surface area contributed by atoms with E-state index in [0.29, 0.717) is 12.5 Å². The summed E-state index contributed by atoms with van der Waals surface area (Å²) in [6, 6.07) is 2.01. The van der Waals surface area contributed by atoms with E-state index in [1.165, 1.54) is 6.42 Å². The molecular weight excluding hydrogens is 330 g/mol. The van der Waals surface area contributed by atoms with Crippen LogP contribution in [0, 0.1) is 5.92 Å². The molecule has 1 fully saturated rings. The third-order valence-corrected chi connectivity index (χ3v) is 4.81. The number of nitrogens with one attached hydrogen (secondary N) is 2. The fraction of sp³-hybridized carbons (Fsp3) is 0.444. The summed E-state index contributed by atoms with van der Waals surface area (Å²) in [7, 11) is 1.87. The van der Waals surface area contributed by atoms with Crippen molar-refractivity contribution < 1.29 is 4.79 Å². The Morgan fingerprint density at radius 3 is 2.96 bits per heavy atom. The van der Waals surface area contributed by atoms with Crippen LogP contribution in [-0.4, -0.2) is 36.8 Å². The standard InChI is InChI=1S/C18H23N7O/c1-24-12-15(11-21-24)22-18-20-10-14-6-9-25(16(14)23-18)8-3-7-19-17(26)13-4-2-5-13/h6,9-13H,2-5,7-8H2,1H3,(H,19,26)(H,20,22,23). The zero-order valence-corrected chi connectivity index (χ0v) is 14.9. The quantitative estimate of drug-likeness (QED) is 0.636. The van der Waals surface area contributed by atoms with E-state index < -0.39 is 0 Å². The van der Waals surface area contributed by atoms with E-state index in [1.807, 2.05) is 31.7 Å². The minimum Gasteiger partial charge on any atom is -0.356 e. The predicted molar refractivity (Wildman–Crippen MR) is 99.0 cm³/mol. The molecule has 0 aromatic carbocycles. The second-order valence-corrected chi connectivity index (χ2v) is 6.78. The molecule has 26 heavy (non-hydrogen) atoms. The molecule has 1 aliphatic carbocycles. The van der Waals surface area contributed by atoms with Crippen molar-refractivity contribution in [1.29, 1.82) is 0 Å². The topological polar surface area (TPSA) is 89.7 Å². The smallest absolute Gasteiger partial charge is 0.229 e. The predicted octanol–water partition coefficient (Wildman–Crippen LogP) is 2.21. The molecule has 0 saturated heterocycles. The number of anilines is 2. The van der Waals surface area contributed by atoms with Gasteiger partial charge in [-0.3, -0.25) is 9.48 Å². The van der Waals surface area contributed by atoms with Crippen LogP contribution in [0.5, 0.6) is 0 Å². The van der Waals surface area contributed by atoms with Crippen molar-refractivity contribution in [3.63, 3.8) is 0 Å². The van der Waals surface area contributed by atoms with Gasteiger partial charge in [0, 0.05) is 50.0 Å². The summed E-state index contributed by atoms with van der Waals surface area (Å²) >= 11 is 0. The summed E-state index contributed by atoms with van der Waals surface area (Å²) in [5.74, 6) is 0.999. The Labute approximate surface area is 151 Å². The fourth-order valence-electron chi connectivity index (χ4n) is 3.10. The third kappa shape index (κ3) is 3.54. The summed E-state index contributed by atoms with van der Waals surface area (Å²) in [6.45, 7) is 1.50. The summed E-state index contributed by atoms with van der Waals surface area (Å²) in [5, 5.41) is 11.3.